The van der Waals surface area contributed by atoms with E-state index in [1.807, 2.05) is 18.7 Å². The van der Waals surface area contributed by atoms with Crippen molar-refractivity contribution >= 4 is 5.91 Å². The third-order valence-electron chi connectivity index (χ3n) is 3.63. The molecular formula is C11H20N2O3. The summed E-state index contributed by atoms with van der Waals surface area (Å²) >= 11 is 0. The molecule has 0 aromatic carbocycles. The quantitative estimate of drug-likeness (QED) is 0.663. The summed E-state index contributed by atoms with van der Waals surface area (Å²) in [7, 11) is 0. The number of amides is 1. The van der Waals surface area contributed by atoms with E-state index in [0.29, 0.717) is 33.0 Å². The highest BCUT2D eigenvalue weighted by Crippen LogP contribution is 2.30. The first-order valence-electron chi connectivity index (χ1n) is 5.78. The first kappa shape index (κ1) is 11.8. The molecule has 2 heterocycles. The van der Waals surface area contributed by atoms with E-state index >= 15 is 0 Å². The minimum Gasteiger partial charge on any atom is -0.379 e. The number of nitrogens with zero attached hydrogens (tertiary/aromatic N) is 1. The van der Waals surface area contributed by atoms with E-state index in [1.54, 1.807) is 0 Å². The molecule has 3 unspecified atom stereocenters. The van der Waals surface area contributed by atoms with Crippen LogP contribution in [0.15, 0.2) is 0 Å². The molecule has 0 radical (unpaired) electrons. The van der Waals surface area contributed by atoms with Crippen LogP contribution in [0.1, 0.15) is 13.8 Å². The van der Waals surface area contributed by atoms with Gasteiger partial charge in [0.15, 0.2) is 0 Å². The van der Waals surface area contributed by atoms with Gasteiger partial charge in [-0.2, -0.15) is 0 Å². The van der Waals surface area contributed by atoms with E-state index in [4.69, 9.17) is 15.2 Å². The van der Waals surface area contributed by atoms with Crippen LogP contribution >= 0.6 is 0 Å². The van der Waals surface area contributed by atoms with Crippen molar-refractivity contribution in [3.8, 4) is 0 Å². The van der Waals surface area contributed by atoms with Crippen molar-refractivity contribution in [1.82, 2.24) is 4.90 Å². The van der Waals surface area contributed by atoms with E-state index in [0.717, 1.165) is 0 Å². The van der Waals surface area contributed by atoms with Gasteiger partial charge in [0.05, 0.1) is 37.9 Å². The van der Waals surface area contributed by atoms with Crippen LogP contribution in [0.4, 0.5) is 0 Å². The maximum absolute atomic E-state index is 12.5. The number of morpholine rings is 1. The fourth-order valence-electron chi connectivity index (χ4n) is 2.27. The molecule has 2 rings (SSSR count). The van der Waals surface area contributed by atoms with Gasteiger partial charge < -0.3 is 20.1 Å². The van der Waals surface area contributed by atoms with Gasteiger partial charge in [0.25, 0.3) is 0 Å². The van der Waals surface area contributed by atoms with Crippen molar-refractivity contribution in [3.05, 3.63) is 0 Å². The third kappa shape index (κ3) is 1.83. The standard InChI is InChI=1S/C11H20N2O3/c1-8-5-15-4-3-13(8)10(14)11(2)7-16-6-9(11)12/h8-9H,3-7,12H2,1-2H3. The van der Waals surface area contributed by atoms with Crippen LogP contribution in [-0.4, -0.2) is 55.9 Å². The summed E-state index contributed by atoms with van der Waals surface area (Å²) < 4.78 is 10.6. The smallest absolute Gasteiger partial charge is 0.232 e. The first-order valence-corrected chi connectivity index (χ1v) is 5.78. The predicted octanol–water partition coefficient (Wildman–Crippen LogP) is -0.402. The molecule has 0 aliphatic carbocycles. The van der Waals surface area contributed by atoms with Crippen LogP contribution in [0, 0.1) is 5.41 Å². The molecule has 0 aromatic rings. The van der Waals surface area contributed by atoms with Crippen LogP contribution in [0.3, 0.4) is 0 Å². The molecule has 3 atom stereocenters. The molecule has 92 valence electrons. The van der Waals surface area contributed by atoms with Crippen LogP contribution in [-0.2, 0) is 14.3 Å². The molecule has 5 heteroatoms. The molecule has 1 amide bonds. The molecule has 2 N–H and O–H groups in total. The molecule has 2 fully saturated rings. The second-order valence-electron chi connectivity index (χ2n) is 4.96. The van der Waals surface area contributed by atoms with Gasteiger partial charge in [0.1, 0.15) is 0 Å². The third-order valence-corrected chi connectivity index (χ3v) is 3.63. The molecule has 2 aliphatic rings. The number of nitrogens with two attached hydrogens (primary N) is 1. The lowest BCUT2D eigenvalue weighted by Gasteiger charge is -2.39. The summed E-state index contributed by atoms with van der Waals surface area (Å²) in [5.41, 5.74) is 5.40. The summed E-state index contributed by atoms with van der Waals surface area (Å²) in [5, 5.41) is 0. The molecule has 2 aliphatic heterocycles. The Kier molecular flexibility index (Phi) is 3.19. The van der Waals surface area contributed by atoms with Gasteiger partial charge in [-0.15, -0.1) is 0 Å². The second kappa shape index (κ2) is 4.31. The van der Waals surface area contributed by atoms with Crippen LogP contribution in [0.2, 0.25) is 0 Å². The Morgan fingerprint density at radius 2 is 2.19 bits per heavy atom. The van der Waals surface area contributed by atoms with Gasteiger partial charge in [0.2, 0.25) is 5.91 Å². The zero-order valence-electron chi connectivity index (χ0n) is 9.94. The largest absolute Gasteiger partial charge is 0.379 e. The Balaban J connectivity index is 2.11. The van der Waals surface area contributed by atoms with Gasteiger partial charge >= 0.3 is 0 Å². The topological polar surface area (TPSA) is 64.8 Å². The van der Waals surface area contributed by atoms with E-state index in [1.165, 1.54) is 0 Å². The van der Waals surface area contributed by atoms with Gasteiger partial charge in [0, 0.05) is 12.6 Å². The Bertz CT molecular complexity index is 284. The van der Waals surface area contributed by atoms with Crippen molar-refractivity contribution in [1.29, 1.82) is 0 Å². The Hall–Kier alpha value is -0.650. The van der Waals surface area contributed by atoms with E-state index in [2.05, 4.69) is 0 Å². The fraction of sp³-hybridized carbons (Fsp3) is 0.909. The van der Waals surface area contributed by atoms with Crippen molar-refractivity contribution in [2.45, 2.75) is 25.9 Å². The average Bonchev–Trinajstić information content (AvgIpc) is 2.60. The summed E-state index contributed by atoms with van der Waals surface area (Å²) in [5.74, 6) is 0.105. The summed E-state index contributed by atoms with van der Waals surface area (Å²) in [4.78, 5) is 14.3. The molecule has 5 nitrogen and oxygen atoms in total. The number of carbonyl (C=O) groups excluding carboxylic acids is 1. The lowest BCUT2D eigenvalue weighted by Crippen LogP contribution is -2.57. The monoisotopic (exact) mass is 228 g/mol. The molecule has 0 saturated carbocycles. The van der Waals surface area contributed by atoms with E-state index < -0.39 is 5.41 Å². The van der Waals surface area contributed by atoms with Crippen molar-refractivity contribution in [3.63, 3.8) is 0 Å². The molecule has 0 bridgehead atoms. The van der Waals surface area contributed by atoms with Gasteiger partial charge in [-0.3, -0.25) is 4.79 Å². The SMILES string of the molecule is CC1COCCN1C(=O)C1(C)COCC1N. The van der Waals surface area contributed by atoms with Crippen LogP contribution in [0.25, 0.3) is 0 Å². The van der Waals surface area contributed by atoms with E-state index in [-0.39, 0.29) is 18.0 Å². The number of ether oxygens (including phenoxy) is 2. The zero-order valence-corrected chi connectivity index (χ0v) is 9.94. The maximum Gasteiger partial charge on any atom is 0.232 e. The summed E-state index contributed by atoms with van der Waals surface area (Å²) in [6.45, 7) is 6.68. The molecule has 2 saturated heterocycles. The average molecular weight is 228 g/mol. The normalized spacial score (nSPS) is 40.1. The van der Waals surface area contributed by atoms with Crippen molar-refractivity contribution in [2.24, 2.45) is 11.1 Å². The maximum atomic E-state index is 12.5. The number of carbonyl (C=O) groups is 1. The minimum atomic E-state index is -0.564. The van der Waals surface area contributed by atoms with E-state index in [9.17, 15) is 4.79 Å². The number of rotatable bonds is 1. The molecule has 0 spiro atoms. The number of hydrogen-bond acceptors (Lipinski definition) is 4. The second-order valence-corrected chi connectivity index (χ2v) is 4.96. The van der Waals surface area contributed by atoms with Crippen LogP contribution in [0.5, 0.6) is 0 Å². The predicted molar refractivity (Wildman–Crippen MR) is 58.9 cm³/mol. The van der Waals surface area contributed by atoms with Crippen molar-refractivity contribution < 1.29 is 14.3 Å². The summed E-state index contributed by atoms with van der Waals surface area (Å²) in [6.07, 6.45) is 0. The first-order chi connectivity index (χ1) is 7.55. The fourth-order valence-corrected chi connectivity index (χ4v) is 2.27. The van der Waals surface area contributed by atoms with Gasteiger partial charge in [-0.25, -0.2) is 0 Å². The van der Waals surface area contributed by atoms with Crippen LogP contribution < -0.4 is 5.73 Å². The molecular weight excluding hydrogens is 208 g/mol. The highest BCUT2D eigenvalue weighted by atomic mass is 16.5. The number of hydrogen-bond donors (Lipinski definition) is 1. The zero-order chi connectivity index (χ0) is 11.8. The van der Waals surface area contributed by atoms with Gasteiger partial charge in [-0.05, 0) is 13.8 Å². The Morgan fingerprint density at radius 3 is 2.75 bits per heavy atom. The summed E-state index contributed by atoms with van der Waals surface area (Å²) in [6, 6.07) is -0.0686. The highest BCUT2D eigenvalue weighted by Gasteiger charge is 2.47. The Morgan fingerprint density at radius 1 is 1.44 bits per heavy atom. The lowest BCUT2D eigenvalue weighted by molar-refractivity contribution is -0.149. The Labute approximate surface area is 95.9 Å². The molecule has 0 aromatic heterocycles. The highest BCUT2D eigenvalue weighted by molar-refractivity contribution is 5.84. The van der Waals surface area contributed by atoms with Crippen molar-refractivity contribution in [2.75, 3.05) is 33.0 Å². The molecule has 16 heavy (non-hydrogen) atoms. The van der Waals surface area contributed by atoms with Gasteiger partial charge in [-0.1, -0.05) is 0 Å². The lowest BCUT2D eigenvalue weighted by atomic mass is 9.83. The minimum absolute atomic E-state index is 0.105.